The fourth-order valence-electron chi connectivity index (χ4n) is 2.16. The molecule has 1 saturated heterocycles. The van der Waals surface area contributed by atoms with E-state index in [9.17, 15) is 18.4 Å². The van der Waals surface area contributed by atoms with Crippen molar-refractivity contribution in [1.29, 1.82) is 0 Å². The molecule has 7 heteroatoms. The van der Waals surface area contributed by atoms with Crippen LogP contribution in [0.3, 0.4) is 0 Å². The molecule has 1 aromatic carbocycles. The summed E-state index contributed by atoms with van der Waals surface area (Å²) in [5, 5.41) is 2.70. The number of nitrogens with one attached hydrogen (secondary N) is 1. The third-order valence-corrected chi connectivity index (χ3v) is 3.09. The fraction of sp³-hybridized carbons (Fsp3) is 0.429. The lowest BCUT2D eigenvalue weighted by Gasteiger charge is -2.19. The van der Waals surface area contributed by atoms with E-state index >= 15 is 0 Å². The summed E-state index contributed by atoms with van der Waals surface area (Å²) < 4.78 is 26.1. The fourth-order valence-corrected chi connectivity index (χ4v) is 2.16. The van der Waals surface area contributed by atoms with Crippen molar-refractivity contribution in [1.82, 2.24) is 10.2 Å². The third-order valence-electron chi connectivity index (χ3n) is 3.09. The second kappa shape index (κ2) is 6.07. The zero-order valence-corrected chi connectivity index (χ0v) is 11.9. The molecular formula is C14H17F2N3O2. The topological polar surface area (TPSA) is 52.7 Å². The summed E-state index contributed by atoms with van der Waals surface area (Å²) in [6.07, 6.45) is 0. The van der Waals surface area contributed by atoms with Gasteiger partial charge in [0.25, 0.3) is 0 Å². The highest BCUT2D eigenvalue weighted by molar-refractivity contribution is 5.96. The van der Waals surface area contributed by atoms with E-state index in [1.807, 2.05) is 13.8 Å². The Hall–Kier alpha value is -2.18. The summed E-state index contributed by atoms with van der Waals surface area (Å²) in [5.41, 5.74) is 0.283. The number of carbonyl (C=O) groups is 2. The summed E-state index contributed by atoms with van der Waals surface area (Å²) in [4.78, 5) is 26.5. The van der Waals surface area contributed by atoms with Gasteiger partial charge in [0.15, 0.2) is 11.6 Å². The maximum Gasteiger partial charge on any atom is 0.325 e. The molecule has 0 aromatic heterocycles. The smallest absolute Gasteiger partial charge is 0.325 e. The minimum Gasteiger partial charge on any atom is -0.352 e. The molecule has 1 heterocycles. The third kappa shape index (κ3) is 3.48. The number of amides is 3. The SMILES string of the molecule is CC(C)NC(=O)CN1CCN(c2ccc(F)c(F)c2)C1=O. The Bertz CT molecular complexity index is 563. The minimum atomic E-state index is -1.00. The van der Waals surface area contributed by atoms with Crippen LogP contribution in [0.1, 0.15) is 13.8 Å². The van der Waals surface area contributed by atoms with E-state index in [-0.39, 0.29) is 30.2 Å². The number of hydrogen-bond acceptors (Lipinski definition) is 2. The van der Waals surface area contributed by atoms with E-state index in [1.165, 1.54) is 15.9 Å². The van der Waals surface area contributed by atoms with Crippen molar-refractivity contribution in [3.05, 3.63) is 29.8 Å². The van der Waals surface area contributed by atoms with Crippen molar-refractivity contribution in [2.75, 3.05) is 24.5 Å². The molecular weight excluding hydrogens is 280 g/mol. The second-order valence-corrected chi connectivity index (χ2v) is 5.18. The summed E-state index contributed by atoms with van der Waals surface area (Å²) in [6.45, 7) is 4.31. The highest BCUT2D eigenvalue weighted by Crippen LogP contribution is 2.22. The number of nitrogens with zero attached hydrogens (tertiary/aromatic N) is 2. The molecule has 5 nitrogen and oxygen atoms in total. The van der Waals surface area contributed by atoms with Crippen LogP contribution in [0.4, 0.5) is 19.3 Å². The van der Waals surface area contributed by atoms with E-state index in [2.05, 4.69) is 5.32 Å². The highest BCUT2D eigenvalue weighted by atomic mass is 19.2. The standard InChI is InChI=1S/C14H17F2N3O2/c1-9(2)17-13(20)8-18-5-6-19(14(18)21)10-3-4-11(15)12(16)7-10/h3-4,7,9H,5-6,8H2,1-2H3,(H,17,20). The van der Waals surface area contributed by atoms with Crippen LogP contribution in [-0.4, -0.2) is 42.5 Å². The van der Waals surface area contributed by atoms with Crippen molar-refractivity contribution >= 4 is 17.6 Å². The number of carbonyl (C=O) groups excluding carboxylic acids is 2. The van der Waals surface area contributed by atoms with E-state index in [1.54, 1.807) is 0 Å². The number of urea groups is 1. The Labute approximate surface area is 121 Å². The quantitative estimate of drug-likeness (QED) is 0.920. The van der Waals surface area contributed by atoms with Gasteiger partial charge in [0, 0.05) is 30.9 Å². The molecule has 1 N–H and O–H groups in total. The molecule has 0 spiro atoms. The number of benzene rings is 1. The van der Waals surface area contributed by atoms with Crippen LogP contribution < -0.4 is 10.2 Å². The summed E-state index contributed by atoms with van der Waals surface area (Å²) >= 11 is 0. The number of anilines is 1. The largest absolute Gasteiger partial charge is 0.352 e. The molecule has 1 fully saturated rings. The predicted octanol–water partition coefficient (Wildman–Crippen LogP) is 1.73. The van der Waals surface area contributed by atoms with E-state index in [4.69, 9.17) is 0 Å². The molecule has 1 aromatic rings. The zero-order chi connectivity index (χ0) is 15.6. The Morgan fingerprint density at radius 2 is 2.00 bits per heavy atom. The van der Waals surface area contributed by atoms with Gasteiger partial charge in [-0.2, -0.15) is 0 Å². The van der Waals surface area contributed by atoms with E-state index in [0.29, 0.717) is 13.1 Å². The van der Waals surface area contributed by atoms with Crippen LogP contribution in [0.25, 0.3) is 0 Å². The van der Waals surface area contributed by atoms with Crippen molar-refractivity contribution < 1.29 is 18.4 Å². The van der Waals surface area contributed by atoms with Gasteiger partial charge in [-0.25, -0.2) is 13.6 Å². The van der Waals surface area contributed by atoms with Crippen LogP contribution in [-0.2, 0) is 4.79 Å². The molecule has 1 aliphatic rings. The Kier molecular flexibility index (Phi) is 4.40. The van der Waals surface area contributed by atoms with Gasteiger partial charge in [-0.1, -0.05) is 0 Å². The van der Waals surface area contributed by atoms with Crippen molar-refractivity contribution in [3.8, 4) is 0 Å². The predicted molar refractivity (Wildman–Crippen MR) is 74.0 cm³/mol. The number of hydrogen-bond donors (Lipinski definition) is 1. The number of rotatable bonds is 4. The van der Waals surface area contributed by atoms with Gasteiger partial charge in [0.2, 0.25) is 5.91 Å². The molecule has 0 unspecified atom stereocenters. The zero-order valence-electron chi connectivity index (χ0n) is 11.9. The first-order chi connectivity index (χ1) is 9.88. The first-order valence-corrected chi connectivity index (χ1v) is 6.69. The Balaban J connectivity index is 2.04. The maximum atomic E-state index is 13.2. The first-order valence-electron chi connectivity index (χ1n) is 6.69. The van der Waals surface area contributed by atoms with Crippen LogP contribution in [0, 0.1) is 11.6 Å². The molecule has 2 rings (SSSR count). The lowest BCUT2D eigenvalue weighted by Crippen LogP contribution is -2.42. The number of halogens is 2. The maximum absolute atomic E-state index is 13.2. The van der Waals surface area contributed by atoms with Crippen molar-refractivity contribution in [3.63, 3.8) is 0 Å². The highest BCUT2D eigenvalue weighted by Gasteiger charge is 2.31. The van der Waals surface area contributed by atoms with Crippen LogP contribution in [0.15, 0.2) is 18.2 Å². The molecule has 0 radical (unpaired) electrons. The van der Waals surface area contributed by atoms with Gasteiger partial charge in [0.05, 0.1) is 0 Å². The van der Waals surface area contributed by atoms with Crippen LogP contribution in [0.2, 0.25) is 0 Å². The van der Waals surface area contributed by atoms with Crippen molar-refractivity contribution in [2.24, 2.45) is 0 Å². The Morgan fingerprint density at radius 1 is 1.29 bits per heavy atom. The Morgan fingerprint density at radius 3 is 2.62 bits per heavy atom. The van der Waals surface area contributed by atoms with Gasteiger partial charge >= 0.3 is 6.03 Å². The first kappa shape index (κ1) is 15.2. The second-order valence-electron chi connectivity index (χ2n) is 5.18. The van der Waals surface area contributed by atoms with E-state index in [0.717, 1.165) is 12.1 Å². The van der Waals surface area contributed by atoms with E-state index < -0.39 is 11.6 Å². The molecule has 0 atom stereocenters. The molecule has 3 amide bonds. The lowest BCUT2D eigenvalue weighted by molar-refractivity contribution is -0.122. The summed E-state index contributed by atoms with van der Waals surface area (Å²) in [6, 6.07) is 2.91. The van der Waals surface area contributed by atoms with Crippen molar-refractivity contribution in [2.45, 2.75) is 19.9 Å². The molecule has 114 valence electrons. The molecule has 0 bridgehead atoms. The lowest BCUT2D eigenvalue weighted by atomic mass is 10.3. The van der Waals surface area contributed by atoms with Gasteiger partial charge in [-0.15, -0.1) is 0 Å². The van der Waals surface area contributed by atoms with Gasteiger partial charge in [-0.3, -0.25) is 9.69 Å². The molecule has 0 saturated carbocycles. The average molecular weight is 297 g/mol. The molecule has 1 aliphatic heterocycles. The van der Waals surface area contributed by atoms with Gasteiger partial charge in [-0.05, 0) is 26.0 Å². The summed E-state index contributed by atoms with van der Waals surface area (Å²) in [7, 11) is 0. The molecule has 0 aliphatic carbocycles. The van der Waals surface area contributed by atoms with Crippen LogP contribution >= 0.6 is 0 Å². The van der Waals surface area contributed by atoms with Crippen LogP contribution in [0.5, 0.6) is 0 Å². The molecule has 21 heavy (non-hydrogen) atoms. The minimum absolute atomic E-state index is 0.00231. The average Bonchev–Trinajstić information content (AvgIpc) is 2.74. The summed E-state index contributed by atoms with van der Waals surface area (Å²) in [5.74, 6) is -2.21. The normalized spacial score (nSPS) is 15.0. The monoisotopic (exact) mass is 297 g/mol. The van der Waals surface area contributed by atoms with Gasteiger partial charge in [0.1, 0.15) is 6.54 Å². The van der Waals surface area contributed by atoms with Gasteiger partial charge < -0.3 is 10.2 Å².